The van der Waals surface area contributed by atoms with Crippen molar-refractivity contribution in [2.24, 2.45) is 0 Å². The van der Waals surface area contributed by atoms with Crippen LogP contribution in [0.15, 0.2) is 53.1 Å². The molecule has 0 aliphatic carbocycles. The second-order valence-corrected chi connectivity index (χ2v) is 8.43. The number of nitrogens with zero attached hydrogens (tertiary/aromatic N) is 2. The standard InChI is InChI=1S/C26H31N3O6/c1-5-34-14-7-13-27-25(31)26(2)17-28-19(21-8-6-15-35-21)10-11-20(28)24(30)29(26)18-9-12-22(32-3)23(16-18)33-4/h6,8-12,15-16H,5,7,13-14,17H2,1-4H3,(H,27,31). The first-order chi connectivity index (χ1) is 16.9. The Kier molecular flexibility index (Phi) is 7.16. The number of nitrogens with one attached hydrogen (secondary N) is 1. The summed E-state index contributed by atoms with van der Waals surface area (Å²) in [6.07, 6.45) is 2.26. The van der Waals surface area contributed by atoms with E-state index in [9.17, 15) is 9.59 Å². The number of aromatic nitrogens is 1. The molecule has 0 radical (unpaired) electrons. The molecule has 2 aromatic heterocycles. The zero-order chi connectivity index (χ0) is 25.0. The van der Waals surface area contributed by atoms with E-state index in [2.05, 4.69) is 5.32 Å². The van der Waals surface area contributed by atoms with E-state index in [1.165, 1.54) is 12.0 Å². The van der Waals surface area contributed by atoms with E-state index >= 15 is 0 Å². The number of benzene rings is 1. The average Bonchev–Trinajstić information content (AvgIpc) is 3.53. The van der Waals surface area contributed by atoms with Gasteiger partial charge in [-0.1, -0.05) is 0 Å². The number of furan rings is 1. The number of carbonyl (C=O) groups excluding carboxylic acids is 2. The van der Waals surface area contributed by atoms with Crippen LogP contribution < -0.4 is 19.7 Å². The van der Waals surface area contributed by atoms with Gasteiger partial charge < -0.3 is 28.5 Å². The largest absolute Gasteiger partial charge is 0.493 e. The van der Waals surface area contributed by atoms with Gasteiger partial charge in [0.15, 0.2) is 11.5 Å². The van der Waals surface area contributed by atoms with Crippen LogP contribution in [0.5, 0.6) is 11.5 Å². The first kappa shape index (κ1) is 24.4. The molecule has 4 rings (SSSR count). The Bertz CT molecular complexity index is 1190. The number of amides is 2. The number of hydrogen-bond donors (Lipinski definition) is 1. The van der Waals surface area contributed by atoms with Crippen molar-refractivity contribution in [3.8, 4) is 23.0 Å². The molecule has 1 aromatic carbocycles. The normalized spacial score (nSPS) is 17.3. The molecule has 2 amide bonds. The fourth-order valence-corrected chi connectivity index (χ4v) is 4.43. The van der Waals surface area contributed by atoms with E-state index in [0.717, 1.165) is 5.69 Å². The van der Waals surface area contributed by atoms with Gasteiger partial charge in [-0.3, -0.25) is 14.5 Å². The van der Waals surface area contributed by atoms with Crippen LogP contribution in [-0.2, 0) is 16.1 Å². The van der Waals surface area contributed by atoms with Crippen molar-refractivity contribution in [1.82, 2.24) is 9.88 Å². The van der Waals surface area contributed by atoms with Gasteiger partial charge in [0.2, 0.25) is 5.91 Å². The molecule has 0 saturated heterocycles. The van der Waals surface area contributed by atoms with Crippen molar-refractivity contribution in [3.05, 3.63) is 54.4 Å². The fraction of sp³-hybridized carbons (Fsp3) is 0.385. The van der Waals surface area contributed by atoms with Gasteiger partial charge in [-0.15, -0.1) is 0 Å². The molecule has 1 atom stereocenters. The summed E-state index contributed by atoms with van der Waals surface area (Å²) in [7, 11) is 3.08. The Balaban J connectivity index is 1.75. The summed E-state index contributed by atoms with van der Waals surface area (Å²) in [5.41, 5.74) is 0.510. The first-order valence-corrected chi connectivity index (χ1v) is 11.6. The number of anilines is 1. The minimum atomic E-state index is -1.23. The van der Waals surface area contributed by atoms with Gasteiger partial charge >= 0.3 is 0 Å². The number of ether oxygens (including phenoxy) is 3. The first-order valence-electron chi connectivity index (χ1n) is 11.6. The molecule has 9 nitrogen and oxygen atoms in total. The highest BCUT2D eigenvalue weighted by molar-refractivity contribution is 6.12. The van der Waals surface area contributed by atoms with Gasteiger partial charge in [0.05, 0.1) is 32.7 Å². The third kappa shape index (κ3) is 4.51. The number of methoxy groups -OCH3 is 2. The Morgan fingerprint density at radius 2 is 1.89 bits per heavy atom. The van der Waals surface area contributed by atoms with Crippen molar-refractivity contribution in [2.45, 2.75) is 32.4 Å². The van der Waals surface area contributed by atoms with Gasteiger partial charge in [-0.2, -0.15) is 0 Å². The molecule has 3 aromatic rings. The topological polar surface area (TPSA) is 95.2 Å². The van der Waals surface area contributed by atoms with Gasteiger partial charge in [-0.05, 0) is 56.7 Å². The van der Waals surface area contributed by atoms with E-state index in [4.69, 9.17) is 18.6 Å². The van der Waals surface area contributed by atoms with Crippen LogP contribution in [0.1, 0.15) is 30.8 Å². The van der Waals surface area contributed by atoms with E-state index in [0.29, 0.717) is 54.8 Å². The summed E-state index contributed by atoms with van der Waals surface area (Å²) in [6, 6.07) is 12.4. The minimum absolute atomic E-state index is 0.239. The predicted octanol–water partition coefficient (Wildman–Crippen LogP) is 3.73. The molecule has 186 valence electrons. The molecule has 0 bridgehead atoms. The lowest BCUT2D eigenvalue weighted by Gasteiger charge is -2.44. The van der Waals surface area contributed by atoms with Crippen LogP contribution >= 0.6 is 0 Å². The summed E-state index contributed by atoms with van der Waals surface area (Å²) in [5, 5.41) is 2.99. The smallest absolute Gasteiger partial charge is 0.275 e. The third-order valence-corrected chi connectivity index (χ3v) is 6.21. The quantitative estimate of drug-likeness (QED) is 0.444. The summed E-state index contributed by atoms with van der Waals surface area (Å²) in [4.78, 5) is 29.1. The zero-order valence-electron chi connectivity index (χ0n) is 20.5. The van der Waals surface area contributed by atoms with Crippen LogP contribution in [0.2, 0.25) is 0 Å². The molecular formula is C26H31N3O6. The summed E-state index contributed by atoms with van der Waals surface area (Å²) < 4.78 is 23.6. The Morgan fingerprint density at radius 3 is 2.57 bits per heavy atom. The monoisotopic (exact) mass is 481 g/mol. The summed E-state index contributed by atoms with van der Waals surface area (Å²) in [5.74, 6) is 1.07. The molecule has 1 unspecified atom stereocenters. The van der Waals surface area contributed by atoms with E-state index < -0.39 is 5.54 Å². The molecule has 35 heavy (non-hydrogen) atoms. The van der Waals surface area contributed by atoms with Crippen LogP contribution in [-0.4, -0.2) is 55.9 Å². The predicted molar refractivity (Wildman–Crippen MR) is 131 cm³/mol. The van der Waals surface area contributed by atoms with Crippen LogP contribution in [0.4, 0.5) is 5.69 Å². The summed E-state index contributed by atoms with van der Waals surface area (Å²) in [6.45, 7) is 5.55. The molecule has 3 heterocycles. The maximum atomic E-state index is 13.9. The van der Waals surface area contributed by atoms with Gasteiger partial charge in [0, 0.05) is 31.5 Å². The highest BCUT2D eigenvalue weighted by atomic mass is 16.5. The lowest BCUT2D eigenvalue weighted by molar-refractivity contribution is -0.126. The van der Waals surface area contributed by atoms with Gasteiger partial charge in [0.25, 0.3) is 5.91 Å². The van der Waals surface area contributed by atoms with Crippen LogP contribution in [0.3, 0.4) is 0 Å². The van der Waals surface area contributed by atoms with Crippen LogP contribution in [0.25, 0.3) is 11.5 Å². The van der Waals surface area contributed by atoms with E-state index in [1.54, 1.807) is 50.6 Å². The highest BCUT2D eigenvalue weighted by Gasteiger charge is 2.49. The Labute approximate surface area is 204 Å². The minimum Gasteiger partial charge on any atom is -0.493 e. The number of hydrogen-bond acceptors (Lipinski definition) is 6. The van der Waals surface area contributed by atoms with Crippen molar-refractivity contribution >= 4 is 17.5 Å². The van der Waals surface area contributed by atoms with Gasteiger partial charge in [-0.25, -0.2) is 0 Å². The van der Waals surface area contributed by atoms with Crippen molar-refractivity contribution < 1.29 is 28.2 Å². The average molecular weight is 482 g/mol. The number of carbonyl (C=O) groups is 2. The lowest BCUT2D eigenvalue weighted by Crippen LogP contribution is -2.64. The second-order valence-electron chi connectivity index (χ2n) is 8.43. The van der Waals surface area contributed by atoms with E-state index in [-0.39, 0.29) is 18.4 Å². The molecular weight excluding hydrogens is 450 g/mol. The molecule has 1 aliphatic heterocycles. The maximum Gasteiger partial charge on any atom is 0.275 e. The van der Waals surface area contributed by atoms with Crippen molar-refractivity contribution in [2.75, 3.05) is 38.9 Å². The second kappa shape index (κ2) is 10.3. The molecule has 1 N–H and O–H groups in total. The maximum absolute atomic E-state index is 13.9. The molecule has 0 spiro atoms. The number of fused-ring (bicyclic) bond motifs is 1. The molecule has 0 saturated carbocycles. The SMILES string of the molecule is CCOCCCNC(=O)C1(C)Cn2c(ccc2-c2ccco2)C(=O)N1c1ccc(OC)c(OC)c1. The molecule has 1 aliphatic rings. The van der Waals surface area contributed by atoms with Crippen LogP contribution in [0, 0.1) is 0 Å². The summed E-state index contributed by atoms with van der Waals surface area (Å²) >= 11 is 0. The molecule has 9 heteroatoms. The Hall–Kier alpha value is -3.72. The Morgan fingerprint density at radius 1 is 1.11 bits per heavy atom. The zero-order valence-corrected chi connectivity index (χ0v) is 20.5. The van der Waals surface area contributed by atoms with Gasteiger partial charge in [0.1, 0.15) is 17.0 Å². The van der Waals surface area contributed by atoms with E-state index in [1.807, 2.05) is 23.6 Å². The third-order valence-electron chi connectivity index (χ3n) is 6.21. The van der Waals surface area contributed by atoms with Crippen molar-refractivity contribution in [1.29, 1.82) is 0 Å². The number of rotatable bonds is 10. The fourth-order valence-electron chi connectivity index (χ4n) is 4.43. The lowest BCUT2D eigenvalue weighted by atomic mass is 9.93. The highest BCUT2D eigenvalue weighted by Crippen LogP contribution is 2.39. The molecule has 0 fully saturated rings. The van der Waals surface area contributed by atoms with Crippen molar-refractivity contribution in [3.63, 3.8) is 0 Å².